The zero-order valence-electron chi connectivity index (χ0n) is 21.5. The van der Waals surface area contributed by atoms with Gasteiger partial charge in [0.05, 0.1) is 12.5 Å². The Labute approximate surface area is 224 Å². The number of benzene rings is 1. The molecule has 0 fully saturated rings. The molecule has 0 bridgehead atoms. The molecule has 4 unspecified atom stereocenters. The Morgan fingerprint density at radius 2 is 1.64 bits per heavy atom. The van der Waals surface area contributed by atoms with Crippen molar-refractivity contribution in [3.05, 3.63) is 36.0 Å². The first-order valence-electron chi connectivity index (χ1n) is 12.2. The number of carboxylic acid groups (broad SMARTS) is 1. The topological polar surface area (TPSA) is 274 Å². The van der Waals surface area contributed by atoms with Gasteiger partial charge in [-0.05, 0) is 37.8 Å². The van der Waals surface area contributed by atoms with E-state index in [0.717, 1.165) is 16.5 Å². The number of guanidine groups is 1. The maximum Gasteiger partial charge on any atom is 0.326 e. The van der Waals surface area contributed by atoms with Gasteiger partial charge in [-0.15, -0.1) is 0 Å². The Bertz CT molecular complexity index is 1220. The third-order valence-electron chi connectivity index (χ3n) is 5.80. The van der Waals surface area contributed by atoms with Crippen molar-refractivity contribution in [3.63, 3.8) is 0 Å². The Kier molecular flexibility index (Phi) is 11.2. The van der Waals surface area contributed by atoms with Gasteiger partial charge in [-0.2, -0.15) is 0 Å². The highest BCUT2D eigenvalue weighted by atomic mass is 16.4. The van der Waals surface area contributed by atoms with Crippen LogP contribution in [0.15, 0.2) is 35.5 Å². The van der Waals surface area contributed by atoms with E-state index in [0.29, 0.717) is 0 Å². The van der Waals surface area contributed by atoms with Gasteiger partial charge in [0.25, 0.3) is 0 Å². The zero-order valence-corrected chi connectivity index (χ0v) is 21.5. The van der Waals surface area contributed by atoms with Gasteiger partial charge >= 0.3 is 5.97 Å². The SMILES string of the molecule is CC(NC(=O)C(CC(N)=O)NC(=O)C(N)Cc1c[nH]c2ccccc12)C(=O)NC(CCCN=C(N)N)C(=O)O. The second-order valence-corrected chi connectivity index (χ2v) is 8.98. The average molecular weight is 546 g/mol. The van der Waals surface area contributed by atoms with Crippen LogP contribution in [0, 0.1) is 0 Å². The van der Waals surface area contributed by atoms with Gasteiger partial charge in [-0.3, -0.25) is 24.2 Å². The van der Waals surface area contributed by atoms with Crippen LogP contribution in [-0.2, 0) is 30.4 Å². The van der Waals surface area contributed by atoms with Crippen LogP contribution in [0.3, 0.4) is 0 Å². The minimum Gasteiger partial charge on any atom is -0.480 e. The summed E-state index contributed by atoms with van der Waals surface area (Å²) in [6.07, 6.45) is 1.65. The predicted molar refractivity (Wildman–Crippen MR) is 143 cm³/mol. The second-order valence-electron chi connectivity index (χ2n) is 8.98. The quantitative estimate of drug-likeness (QED) is 0.0650. The minimum absolute atomic E-state index is 0.0349. The number of para-hydroxylation sites is 1. The molecule has 4 atom stereocenters. The molecule has 0 radical (unpaired) electrons. The molecule has 0 spiro atoms. The van der Waals surface area contributed by atoms with Crippen molar-refractivity contribution in [1.29, 1.82) is 0 Å². The van der Waals surface area contributed by atoms with E-state index in [1.54, 1.807) is 6.20 Å². The maximum atomic E-state index is 12.8. The summed E-state index contributed by atoms with van der Waals surface area (Å²) < 4.78 is 0. The van der Waals surface area contributed by atoms with Crippen molar-refractivity contribution in [2.24, 2.45) is 27.9 Å². The fraction of sp³-hybridized carbons (Fsp3) is 0.417. The van der Waals surface area contributed by atoms with Crippen molar-refractivity contribution in [1.82, 2.24) is 20.9 Å². The molecule has 212 valence electrons. The van der Waals surface area contributed by atoms with Gasteiger partial charge in [0.2, 0.25) is 23.6 Å². The van der Waals surface area contributed by atoms with E-state index in [-0.39, 0.29) is 31.8 Å². The molecule has 1 aromatic heterocycles. The minimum atomic E-state index is -1.41. The number of hydrogen-bond donors (Lipinski definition) is 9. The zero-order chi connectivity index (χ0) is 29.1. The molecular formula is C24H35N9O6. The van der Waals surface area contributed by atoms with E-state index in [1.807, 2.05) is 24.3 Å². The van der Waals surface area contributed by atoms with Crippen molar-refractivity contribution in [3.8, 4) is 0 Å². The molecule has 15 heteroatoms. The summed E-state index contributed by atoms with van der Waals surface area (Å²) in [6, 6.07) is 2.54. The van der Waals surface area contributed by atoms with Gasteiger partial charge in [0.1, 0.15) is 18.1 Å². The summed E-state index contributed by atoms with van der Waals surface area (Å²) in [5.74, 6) is -4.66. The summed E-state index contributed by atoms with van der Waals surface area (Å²) in [4.78, 5) is 68.0. The first-order valence-corrected chi connectivity index (χ1v) is 12.2. The van der Waals surface area contributed by atoms with Gasteiger partial charge in [0.15, 0.2) is 5.96 Å². The van der Waals surface area contributed by atoms with E-state index in [9.17, 15) is 29.1 Å². The fourth-order valence-corrected chi connectivity index (χ4v) is 3.76. The molecule has 0 aliphatic carbocycles. The van der Waals surface area contributed by atoms with E-state index < -0.39 is 60.2 Å². The van der Waals surface area contributed by atoms with Crippen LogP contribution in [0.2, 0.25) is 0 Å². The highest BCUT2D eigenvalue weighted by Gasteiger charge is 2.29. The molecule has 1 aromatic carbocycles. The number of fused-ring (bicyclic) bond motifs is 1. The molecular weight excluding hydrogens is 510 g/mol. The highest BCUT2D eigenvalue weighted by molar-refractivity contribution is 5.96. The lowest BCUT2D eigenvalue weighted by molar-refractivity contribution is -0.142. The van der Waals surface area contributed by atoms with Gasteiger partial charge in [0, 0.05) is 23.6 Å². The molecule has 2 rings (SSSR count). The first-order chi connectivity index (χ1) is 18.4. The number of primary amides is 1. The summed E-state index contributed by atoms with van der Waals surface area (Å²) in [5.41, 5.74) is 23.4. The van der Waals surface area contributed by atoms with Crippen LogP contribution in [0.25, 0.3) is 10.9 Å². The Hall–Kier alpha value is -4.66. The number of H-pyrrole nitrogens is 1. The highest BCUT2D eigenvalue weighted by Crippen LogP contribution is 2.18. The number of carbonyl (C=O) groups excluding carboxylic acids is 4. The van der Waals surface area contributed by atoms with Crippen LogP contribution in [0.1, 0.15) is 31.7 Å². The van der Waals surface area contributed by atoms with Gasteiger partial charge in [-0.1, -0.05) is 18.2 Å². The average Bonchev–Trinajstić information content (AvgIpc) is 3.27. The van der Waals surface area contributed by atoms with E-state index in [2.05, 4.69) is 25.9 Å². The first kappa shape index (κ1) is 30.6. The smallest absolute Gasteiger partial charge is 0.326 e. The molecule has 4 amide bonds. The fourth-order valence-electron chi connectivity index (χ4n) is 3.76. The monoisotopic (exact) mass is 545 g/mol. The van der Waals surface area contributed by atoms with Crippen LogP contribution >= 0.6 is 0 Å². The number of aromatic amines is 1. The van der Waals surface area contributed by atoms with Crippen LogP contribution in [0.5, 0.6) is 0 Å². The van der Waals surface area contributed by atoms with Crippen LogP contribution in [0.4, 0.5) is 0 Å². The number of rotatable bonds is 15. The molecule has 1 heterocycles. The number of aromatic nitrogens is 1. The summed E-state index contributed by atoms with van der Waals surface area (Å²) >= 11 is 0. The van der Waals surface area contributed by atoms with Gasteiger partial charge in [-0.25, -0.2) is 4.79 Å². The standard InChI is InChI=1S/C24H35N9O6/c1-12(20(35)32-17(23(38)39)7-4-8-29-24(27)28)31-22(37)18(10-19(26)34)33-21(36)15(25)9-13-11-30-16-6-3-2-5-14(13)16/h2-3,5-6,11-12,15,17-18,30H,4,7-10,25H2,1H3,(H2,26,34)(H,31,37)(H,32,35)(H,33,36)(H,38,39)(H4,27,28,29). The molecule has 39 heavy (non-hydrogen) atoms. The Morgan fingerprint density at radius 1 is 0.974 bits per heavy atom. The normalized spacial score (nSPS) is 13.9. The summed E-state index contributed by atoms with van der Waals surface area (Å²) in [6.45, 7) is 1.49. The molecule has 13 N–H and O–H groups in total. The van der Waals surface area contributed by atoms with Crippen molar-refractivity contribution in [2.75, 3.05) is 6.54 Å². The lowest BCUT2D eigenvalue weighted by Gasteiger charge is -2.23. The summed E-state index contributed by atoms with van der Waals surface area (Å²) in [5, 5.41) is 17.4. The molecule has 15 nitrogen and oxygen atoms in total. The van der Waals surface area contributed by atoms with Gasteiger partial charge < -0.3 is 49.0 Å². The molecule has 0 saturated carbocycles. The predicted octanol–water partition coefficient (Wildman–Crippen LogP) is -2.47. The second kappa shape index (κ2) is 14.3. The molecule has 2 aromatic rings. The largest absolute Gasteiger partial charge is 0.480 e. The number of nitrogens with two attached hydrogens (primary N) is 4. The van der Waals surface area contributed by atoms with Crippen molar-refractivity contribution >= 4 is 46.5 Å². The lowest BCUT2D eigenvalue weighted by Crippen LogP contribution is -2.57. The van der Waals surface area contributed by atoms with Crippen molar-refractivity contribution < 1.29 is 29.1 Å². The number of aliphatic carboxylic acids is 1. The number of nitrogens with zero attached hydrogens (tertiary/aromatic N) is 1. The number of amides is 4. The lowest BCUT2D eigenvalue weighted by atomic mass is 10.0. The third-order valence-corrected chi connectivity index (χ3v) is 5.80. The van der Waals surface area contributed by atoms with E-state index >= 15 is 0 Å². The number of carboxylic acids is 1. The van der Waals surface area contributed by atoms with E-state index in [4.69, 9.17) is 22.9 Å². The maximum absolute atomic E-state index is 12.8. The molecule has 0 saturated heterocycles. The Balaban J connectivity index is 1.98. The number of nitrogens with one attached hydrogen (secondary N) is 4. The number of hydrogen-bond acceptors (Lipinski definition) is 7. The van der Waals surface area contributed by atoms with Crippen molar-refractivity contribution in [2.45, 2.75) is 56.8 Å². The Morgan fingerprint density at radius 3 is 2.28 bits per heavy atom. The summed E-state index contributed by atoms with van der Waals surface area (Å²) in [7, 11) is 0. The van der Waals surface area contributed by atoms with Crippen LogP contribution in [-0.4, -0.2) is 76.4 Å². The molecule has 0 aliphatic rings. The number of carbonyl (C=O) groups is 5. The van der Waals surface area contributed by atoms with E-state index in [1.165, 1.54) is 6.92 Å². The molecule has 0 aliphatic heterocycles. The van der Waals surface area contributed by atoms with Crippen LogP contribution < -0.4 is 38.9 Å². The third kappa shape index (κ3) is 9.62. The number of aliphatic imine (C=N–C) groups is 1.